The summed E-state index contributed by atoms with van der Waals surface area (Å²) in [6.45, 7) is 4.52. The minimum absolute atomic E-state index is 0.321. The van der Waals surface area contributed by atoms with Crippen LogP contribution < -0.4 is 0 Å². The highest BCUT2D eigenvalue weighted by molar-refractivity contribution is 7.09. The number of aromatic nitrogens is 1. The Morgan fingerprint density at radius 3 is 3.08 bits per heavy atom. The van der Waals surface area contributed by atoms with E-state index in [4.69, 9.17) is 5.11 Å². The Hall–Kier alpha value is -0.450. The lowest BCUT2D eigenvalue weighted by Crippen LogP contribution is -2.49. The zero-order valence-electron chi connectivity index (χ0n) is 7.68. The Morgan fingerprint density at radius 2 is 2.54 bits per heavy atom. The van der Waals surface area contributed by atoms with Crippen LogP contribution in [0, 0.1) is 5.92 Å². The summed E-state index contributed by atoms with van der Waals surface area (Å²) in [4.78, 5) is 6.63. The smallest absolute Gasteiger partial charge is 0.109 e. The summed E-state index contributed by atoms with van der Waals surface area (Å²) in [6.07, 6.45) is 1.85. The van der Waals surface area contributed by atoms with Gasteiger partial charge >= 0.3 is 0 Å². The van der Waals surface area contributed by atoms with Crippen molar-refractivity contribution in [1.29, 1.82) is 0 Å². The topological polar surface area (TPSA) is 36.4 Å². The van der Waals surface area contributed by atoms with Gasteiger partial charge in [0.25, 0.3) is 0 Å². The zero-order valence-corrected chi connectivity index (χ0v) is 8.50. The summed E-state index contributed by atoms with van der Waals surface area (Å²) in [5.74, 6) is 0.488. The van der Waals surface area contributed by atoms with Gasteiger partial charge in [-0.3, -0.25) is 4.90 Å². The first-order valence-corrected chi connectivity index (χ1v) is 5.43. The average Bonchev–Trinajstić information content (AvgIpc) is 2.53. The number of hydrogen-bond acceptors (Lipinski definition) is 4. The molecule has 0 unspecified atom stereocenters. The molecule has 72 valence electrons. The SMILES string of the molecule is C[C@H](c1nccs1)N1CC(CO)C1. The predicted octanol–water partition coefficient (Wildman–Crippen LogP) is 1.13. The molecule has 1 aliphatic rings. The first-order chi connectivity index (χ1) is 6.31. The summed E-state index contributed by atoms with van der Waals surface area (Å²) in [6, 6.07) is 0.419. The van der Waals surface area contributed by atoms with E-state index in [0.717, 1.165) is 13.1 Å². The fourth-order valence-electron chi connectivity index (χ4n) is 1.64. The molecule has 1 saturated heterocycles. The van der Waals surface area contributed by atoms with Gasteiger partial charge in [-0.1, -0.05) is 0 Å². The number of aliphatic hydroxyl groups is 1. The van der Waals surface area contributed by atoms with Crippen LogP contribution in [0.2, 0.25) is 0 Å². The fraction of sp³-hybridized carbons (Fsp3) is 0.667. The van der Waals surface area contributed by atoms with E-state index in [-0.39, 0.29) is 0 Å². The number of thiazole rings is 1. The molecule has 1 aliphatic heterocycles. The summed E-state index contributed by atoms with van der Waals surface area (Å²) >= 11 is 1.70. The van der Waals surface area contributed by atoms with E-state index in [1.54, 1.807) is 11.3 Å². The van der Waals surface area contributed by atoms with Gasteiger partial charge in [-0.25, -0.2) is 4.98 Å². The van der Waals surface area contributed by atoms with E-state index in [1.165, 1.54) is 5.01 Å². The lowest BCUT2D eigenvalue weighted by molar-refractivity contribution is 0.0245. The van der Waals surface area contributed by atoms with E-state index in [9.17, 15) is 0 Å². The summed E-state index contributed by atoms with van der Waals surface area (Å²) < 4.78 is 0. The van der Waals surface area contributed by atoms with Gasteiger partial charge in [0, 0.05) is 37.2 Å². The molecule has 0 bridgehead atoms. The van der Waals surface area contributed by atoms with Crippen LogP contribution >= 0.6 is 11.3 Å². The summed E-state index contributed by atoms with van der Waals surface area (Å²) in [5, 5.41) is 12.1. The Labute approximate surface area is 82.0 Å². The van der Waals surface area contributed by atoms with Gasteiger partial charge in [0.15, 0.2) is 0 Å². The van der Waals surface area contributed by atoms with Crippen molar-refractivity contribution in [3.63, 3.8) is 0 Å². The lowest BCUT2D eigenvalue weighted by atomic mass is 9.99. The standard InChI is InChI=1S/C9H14N2OS/c1-7(9-10-2-3-13-9)11-4-8(5-11)6-12/h2-3,7-8,12H,4-6H2,1H3/t7-/m1/s1. The van der Waals surface area contributed by atoms with E-state index in [2.05, 4.69) is 16.8 Å². The number of likely N-dealkylation sites (tertiary alicyclic amines) is 1. The molecular weight excluding hydrogens is 184 g/mol. The molecule has 1 fully saturated rings. The van der Waals surface area contributed by atoms with Crippen molar-refractivity contribution in [1.82, 2.24) is 9.88 Å². The Balaban J connectivity index is 1.90. The molecule has 0 amide bonds. The van der Waals surface area contributed by atoms with Gasteiger partial charge in [-0.05, 0) is 6.92 Å². The maximum absolute atomic E-state index is 8.88. The first kappa shape index (κ1) is 9.12. The molecule has 0 aliphatic carbocycles. The fourth-order valence-corrected chi connectivity index (χ4v) is 2.37. The number of nitrogens with zero attached hydrogens (tertiary/aromatic N) is 2. The largest absolute Gasteiger partial charge is 0.396 e. The Bertz CT molecular complexity index is 257. The molecule has 13 heavy (non-hydrogen) atoms. The van der Waals surface area contributed by atoms with Crippen LogP contribution in [0.3, 0.4) is 0 Å². The minimum atomic E-state index is 0.321. The van der Waals surface area contributed by atoms with Gasteiger partial charge in [-0.15, -0.1) is 11.3 Å². The second kappa shape index (κ2) is 3.74. The number of rotatable bonds is 3. The van der Waals surface area contributed by atoms with Gasteiger partial charge in [0.05, 0.1) is 6.04 Å². The predicted molar refractivity (Wildman–Crippen MR) is 52.7 cm³/mol. The first-order valence-electron chi connectivity index (χ1n) is 4.55. The highest BCUT2D eigenvalue weighted by Crippen LogP contribution is 2.28. The van der Waals surface area contributed by atoms with E-state index in [0.29, 0.717) is 18.6 Å². The molecule has 3 nitrogen and oxygen atoms in total. The van der Waals surface area contributed by atoms with Gasteiger partial charge < -0.3 is 5.11 Å². The quantitative estimate of drug-likeness (QED) is 0.791. The molecular formula is C9H14N2OS. The highest BCUT2D eigenvalue weighted by atomic mass is 32.1. The summed E-state index contributed by atoms with van der Waals surface area (Å²) in [5.41, 5.74) is 0. The van der Waals surface area contributed by atoms with Crippen LogP contribution in [-0.4, -0.2) is 34.7 Å². The molecule has 1 atom stereocenters. The molecule has 1 aromatic rings. The third-order valence-corrected chi connectivity index (χ3v) is 3.55. The van der Waals surface area contributed by atoms with Crippen LogP contribution in [0.15, 0.2) is 11.6 Å². The molecule has 0 saturated carbocycles. The van der Waals surface area contributed by atoms with Crippen LogP contribution in [0.5, 0.6) is 0 Å². The number of hydrogen-bond donors (Lipinski definition) is 1. The molecule has 4 heteroatoms. The van der Waals surface area contributed by atoms with Crippen molar-refractivity contribution < 1.29 is 5.11 Å². The van der Waals surface area contributed by atoms with E-state index >= 15 is 0 Å². The van der Waals surface area contributed by atoms with E-state index in [1.807, 2.05) is 11.6 Å². The minimum Gasteiger partial charge on any atom is -0.396 e. The van der Waals surface area contributed by atoms with E-state index < -0.39 is 0 Å². The second-order valence-corrected chi connectivity index (χ2v) is 4.47. The van der Waals surface area contributed by atoms with Crippen molar-refractivity contribution in [3.05, 3.63) is 16.6 Å². The van der Waals surface area contributed by atoms with Crippen molar-refractivity contribution in [2.24, 2.45) is 5.92 Å². The van der Waals surface area contributed by atoms with Crippen LogP contribution in [0.25, 0.3) is 0 Å². The average molecular weight is 198 g/mol. The maximum atomic E-state index is 8.88. The second-order valence-electron chi connectivity index (χ2n) is 3.55. The van der Waals surface area contributed by atoms with Gasteiger partial charge in [0.1, 0.15) is 5.01 Å². The third kappa shape index (κ3) is 1.75. The zero-order chi connectivity index (χ0) is 9.26. The summed E-state index contributed by atoms with van der Waals surface area (Å²) in [7, 11) is 0. The highest BCUT2D eigenvalue weighted by Gasteiger charge is 2.30. The normalized spacial score (nSPS) is 21.4. The van der Waals surface area contributed by atoms with Crippen molar-refractivity contribution in [2.75, 3.05) is 19.7 Å². The van der Waals surface area contributed by atoms with Crippen molar-refractivity contribution >= 4 is 11.3 Å². The third-order valence-electron chi connectivity index (χ3n) is 2.60. The van der Waals surface area contributed by atoms with Crippen LogP contribution in [0.1, 0.15) is 18.0 Å². The van der Waals surface area contributed by atoms with Crippen molar-refractivity contribution in [2.45, 2.75) is 13.0 Å². The molecule has 0 radical (unpaired) electrons. The van der Waals surface area contributed by atoms with Gasteiger partial charge in [0.2, 0.25) is 0 Å². The molecule has 2 rings (SSSR count). The van der Waals surface area contributed by atoms with Crippen LogP contribution in [0.4, 0.5) is 0 Å². The molecule has 1 aromatic heterocycles. The lowest BCUT2D eigenvalue weighted by Gasteiger charge is -2.41. The van der Waals surface area contributed by atoms with Crippen molar-refractivity contribution in [3.8, 4) is 0 Å². The monoisotopic (exact) mass is 198 g/mol. The maximum Gasteiger partial charge on any atom is 0.109 e. The Morgan fingerprint density at radius 1 is 1.77 bits per heavy atom. The molecule has 2 heterocycles. The molecule has 0 spiro atoms. The number of aliphatic hydroxyl groups excluding tert-OH is 1. The van der Waals surface area contributed by atoms with Crippen LogP contribution in [-0.2, 0) is 0 Å². The molecule has 1 N–H and O–H groups in total. The molecule has 0 aromatic carbocycles. The Kier molecular flexibility index (Phi) is 2.62. The van der Waals surface area contributed by atoms with Gasteiger partial charge in [-0.2, -0.15) is 0 Å².